The summed E-state index contributed by atoms with van der Waals surface area (Å²) in [6.07, 6.45) is -0.338. The molecule has 20 heavy (non-hydrogen) atoms. The first kappa shape index (κ1) is 14.6. The van der Waals surface area contributed by atoms with Crippen LogP contribution < -0.4 is 5.32 Å². The molecular formula is C13H11ClF3N3. The lowest BCUT2D eigenvalue weighted by atomic mass is 10.1. The van der Waals surface area contributed by atoms with Gasteiger partial charge in [-0.3, -0.25) is 4.98 Å². The summed E-state index contributed by atoms with van der Waals surface area (Å²) in [6.45, 7) is 2.30. The Morgan fingerprint density at radius 2 is 2.05 bits per heavy atom. The van der Waals surface area contributed by atoms with E-state index in [1.54, 1.807) is 12.4 Å². The van der Waals surface area contributed by atoms with E-state index < -0.39 is 11.7 Å². The molecule has 0 unspecified atom stereocenters. The highest BCUT2D eigenvalue weighted by molar-refractivity contribution is 6.32. The van der Waals surface area contributed by atoms with E-state index in [0.717, 1.165) is 23.4 Å². The number of hydrogen-bond acceptors (Lipinski definition) is 3. The van der Waals surface area contributed by atoms with Gasteiger partial charge in [-0.2, -0.15) is 13.2 Å². The molecule has 0 aliphatic heterocycles. The molecule has 0 aliphatic rings. The molecule has 0 saturated heterocycles. The van der Waals surface area contributed by atoms with E-state index in [1.165, 1.54) is 0 Å². The van der Waals surface area contributed by atoms with Crippen LogP contribution in [-0.4, -0.2) is 9.97 Å². The lowest BCUT2D eigenvalue weighted by Crippen LogP contribution is -2.08. The van der Waals surface area contributed by atoms with Gasteiger partial charge in [-0.15, -0.1) is 0 Å². The minimum atomic E-state index is -4.45. The molecule has 2 heterocycles. The van der Waals surface area contributed by atoms with E-state index in [9.17, 15) is 13.2 Å². The van der Waals surface area contributed by atoms with Crippen molar-refractivity contribution >= 4 is 17.4 Å². The van der Waals surface area contributed by atoms with Crippen LogP contribution in [0.5, 0.6) is 0 Å². The standard InChI is InChI=1S/C13H11ClF3N3/c1-8-5-18-3-2-9(8)6-19-12-11(14)4-10(7-20-12)13(15,16)17/h2-5,7H,6H2,1H3,(H,19,20). The number of aryl methyl sites for hydroxylation is 1. The summed E-state index contributed by atoms with van der Waals surface area (Å²) in [5, 5.41) is 2.85. The first-order valence-corrected chi connectivity index (χ1v) is 6.12. The minimum absolute atomic E-state index is 0.0634. The summed E-state index contributed by atoms with van der Waals surface area (Å²) in [6, 6.07) is 2.68. The van der Waals surface area contributed by atoms with Crippen molar-refractivity contribution in [2.75, 3.05) is 5.32 Å². The third-order valence-electron chi connectivity index (χ3n) is 2.75. The van der Waals surface area contributed by atoms with E-state index in [0.29, 0.717) is 6.54 Å². The van der Waals surface area contributed by atoms with Crippen LogP contribution >= 0.6 is 11.6 Å². The molecular weight excluding hydrogens is 291 g/mol. The van der Waals surface area contributed by atoms with E-state index in [4.69, 9.17) is 11.6 Å². The molecule has 0 fully saturated rings. The molecule has 0 aromatic carbocycles. The van der Waals surface area contributed by atoms with E-state index >= 15 is 0 Å². The topological polar surface area (TPSA) is 37.8 Å². The number of hydrogen-bond donors (Lipinski definition) is 1. The van der Waals surface area contributed by atoms with Crippen molar-refractivity contribution in [1.82, 2.24) is 9.97 Å². The zero-order valence-corrected chi connectivity index (χ0v) is 11.3. The zero-order chi connectivity index (χ0) is 14.8. The summed E-state index contributed by atoms with van der Waals surface area (Å²) in [7, 11) is 0. The Balaban J connectivity index is 2.13. The summed E-state index contributed by atoms with van der Waals surface area (Å²) in [5.41, 5.74) is 1.08. The lowest BCUT2D eigenvalue weighted by molar-refractivity contribution is -0.137. The number of halogens is 4. The van der Waals surface area contributed by atoms with Gasteiger partial charge in [0.05, 0.1) is 10.6 Å². The van der Waals surface area contributed by atoms with Gasteiger partial charge in [0, 0.05) is 25.1 Å². The zero-order valence-electron chi connectivity index (χ0n) is 10.5. The summed E-state index contributed by atoms with van der Waals surface area (Å²) in [4.78, 5) is 7.67. The predicted molar refractivity (Wildman–Crippen MR) is 70.5 cm³/mol. The molecule has 2 rings (SSSR count). The fourth-order valence-corrected chi connectivity index (χ4v) is 1.84. The number of anilines is 1. The largest absolute Gasteiger partial charge is 0.417 e. The van der Waals surface area contributed by atoms with Crippen LogP contribution in [0.1, 0.15) is 16.7 Å². The van der Waals surface area contributed by atoms with Crippen molar-refractivity contribution in [2.24, 2.45) is 0 Å². The van der Waals surface area contributed by atoms with Gasteiger partial charge >= 0.3 is 6.18 Å². The van der Waals surface area contributed by atoms with Crippen LogP contribution in [0, 0.1) is 6.92 Å². The van der Waals surface area contributed by atoms with Crippen LogP contribution in [0.3, 0.4) is 0 Å². The van der Waals surface area contributed by atoms with Gasteiger partial charge in [0.15, 0.2) is 0 Å². The molecule has 3 nitrogen and oxygen atoms in total. The Morgan fingerprint density at radius 3 is 2.65 bits per heavy atom. The molecule has 106 valence electrons. The number of rotatable bonds is 3. The quantitative estimate of drug-likeness (QED) is 0.928. The maximum Gasteiger partial charge on any atom is 0.417 e. The summed E-state index contributed by atoms with van der Waals surface area (Å²) in [5.74, 6) is 0.218. The SMILES string of the molecule is Cc1cnccc1CNc1ncc(C(F)(F)F)cc1Cl. The van der Waals surface area contributed by atoms with Crippen LogP contribution in [0.25, 0.3) is 0 Å². The average Bonchev–Trinajstić information content (AvgIpc) is 2.38. The van der Waals surface area contributed by atoms with Gasteiger partial charge in [-0.05, 0) is 30.2 Å². The second kappa shape index (κ2) is 5.66. The fourth-order valence-electron chi connectivity index (χ4n) is 1.60. The van der Waals surface area contributed by atoms with Crippen molar-refractivity contribution in [3.63, 3.8) is 0 Å². The first-order valence-electron chi connectivity index (χ1n) is 5.74. The first-order chi connectivity index (χ1) is 9.38. The number of nitrogens with zero attached hydrogens (tertiary/aromatic N) is 2. The van der Waals surface area contributed by atoms with Gasteiger partial charge in [0.2, 0.25) is 0 Å². The normalized spacial score (nSPS) is 11.4. The minimum Gasteiger partial charge on any atom is -0.365 e. The number of pyridine rings is 2. The molecule has 0 bridgehead atoms. The molecule has 0 radical (unpaired) electrons. The van der Waals surface area contributed by atoms with E-state index in [-0.39, 0.29) is 10.8 Å². The van der Waals surface area contributed by atoms with Gasteiger partial charge in [-0.1, -0.05) is 11.6 Å². The van der Waals surface area contributed by atoms with E-state index in [2.05, 4.69) is 15.3 Å². The molecule has 1 N–H and O–H groups in total. The molecule has 0 spiro atoms. The Morgan fingerprint density at radius 1 is 1.30 bits per heavy atom. The van der Waals surface area contributed by atoms with Crippen molar-refractivity contribution in [3.8, 4) is 0 Å². The number of aromatic nitrogens is 2. The smallest absolute Gasteiger partial charge is 0.365 e. The number of nitrogens with one attached hydrogen (secondary N) is 1. The van der Waals surface area contributed by atoms with Gasteiger partial charge in [0.1, 0.15) is 5.82 Å². The van der Waals surface area contributed by atoms with Crippen LogP contribution in [0.15, 0.2) is 30.7 Å². The van der Waals surface area contributed by atoms with Crippen molar-refractivity contribution < 1.29 is 13.2 Å². The van der Waals surface area contributed by atoms with E-state index in [1.807, 2.05) is 13.0 Å². The highest BCUT2D eigenvalue weighted by Gasteiger charge is 2.31. The maximum absolute atomic E-state index is 12.5. The molecule has 0 amide bonds. The van der Waals surface area contributed by atoms with Gasteiger partial charge in [0.25, 0.3) is 0 Å². The molecule has 0 aliphatic carbocycles. The highest BCUT2D eigenvalue weighted by Crippen LogP contribution is 2.32. The summed E-state index contributed by atoms with van der Waals surface area (Å²) < 4.78 is 37.4. The molecule has 7 heteroatoms. The van der Waals surface area contributed by atoms with Crippen LogP contribution in [-0.2, 0) is 12.7 Å². The number of alkyl halides is 3. The third-order valence-corrected chi connectivity index (χ3v) is 3.04. The van der Waals surface area contributed by atoms with Crippen molar-refractivity contribution in [2.45, 2.75) is 19.6 Å². The predicted octanol–water partition coefficient (Wildman–Crippen LogP) is 4.07. The van der Waals surface area contributed by atoms with Gasteiger partial charge in [-0.25, -0.2) is 4.98 Å². The molecule has 0 atom stereocenters. The highest BCUT2D eigenvalue weighted by atomic mass is 35.5. The second-order valence-corrected chi connectivity index (χ2v) is 4.62. The van der Waals surface area contributed by atoms with Gasteiger partial charge < -0.3 is 5.32 Å². The Labute approximate surface area is 118 Å². The maximum atomic E-state index is 12.5. The summed E-state index contributed by atoms with van der Waals surface area (Å²) >= 11 is 5.80. The molecule has 2 aromatic heterocycles. The fraction of sp³-hybridized carbons (Fsp3) is 0.231. The Kier molecular flexibility index (Phi) is 4.13. The van der Waals surface area contributed by atoms with Crippen molar-refractivity contribution in [1.29, 1.82) is 0 Å². The Bertz CT molecular complexity index is 614. The molecule has 0 saturated carbocycles. The average molecular weight is 302 g/mol. The molecule has 2 aromatic rings. The second-order valence-electron chi connectivity index (χ2n) is 4.21. The monoisotopic (exact) mass is 301 g/mol. The van der Waals surface area contributed by atoms with Crippen LogP contribution in [0.2, 0.25) is 5.02 Å². The lowest BCUT2D eigenvalue weighted by Gasteiger charge is -2.11. The van der Waals surface area contributed by atoms with Crippen LogP contribution in [0.4, 0.5) is 19.0 Å². The third kappa shape index (κ3) is 3.39. The Hall–Kier alpha value is -1.82. The van der Waals surface area contributed by atoms with Crippen molar-refractivity contribution in [3.05, 3.63) is 52.4 Å².